The third-order valence-corrected chi connectivity index (χ3v) is 3.64. The predicted molar refractivity (Wildman–Crippen MR) is 68.6 cm³/mol. The average molecular weight is 237 g/mol. The summed E-state index contributed by atoms with van der Waals surface area (Å²) in [5, 5.41) is 0. The van der Waals surface area contributed by atoms with Crippen molar-refractivity contribution in [3.8, 4) is 0 Å². The normalized spacial score (nSPS) is 19.1. The van der Waals surface area contributed by atoms with Crippen molar-refractivity contribution in [3.63, 3.8) is 0 Å². The maximum absolute atomic E-state index is 5.64. The minimum absolute atomic E-state index is 0.484. The van der Waals surface area contributed by atoms with E-state index in [1.807, 2.05) is 12.1 Å². The van der Waals surface area contributed by atoms with Gasteiger partial charge in [0, 0.05) is 6.04 Å². The van der Waals surface area contributed by atoms with Gasteiger partial charge in [-0.15, -0.1) is 0 Å². The molecule has 0 unspecified atom stereocenters. The third-order valence-electron chi connectivity index (χ3n) is 3.64. The molecule has 2 N–H and O–H groups in total. The lowest BCUT2D eigenvalue weighted by atomic mass is 10.0. The monoisotopic (exact) mass is 237 g/mol. The van der Waals surface area contributed by atoms with E-state index >= 15 is 0 Å². The van der Waals surface area contributed by atoms with Gasteiger partial charge < -0.3 is 15.1 Å². The molecule has 17 heavy (non-hydrogen) atoms. The maximum Gasteiger partial charge on any atom is 0.118 e. The van der Waals surface area contributed by atoms with Gasteiger partial charge in [0.25, 0.3) is 0 Å². The first-order valence-corrected chi connectivity index (χ1v) is 6.35. The summed E-state index contributed by atoms with van der Waals surface area (Å²) < 4.78 is 5.64. The lowest BCUT2D eigenvalue weighted by molar-refractivity contribution is 0.132. The lowest BCUT2D eigenvalue weighted by Crippen LogP contribution is -2.41. The Morgan fingerprint density at radius 1 is 1.35 bits per heavy atom. The van der Waals surface area contributed by atoms with Crippen LogP contribution in [0, 0.1) is 0 Å². The summed E-state index contributed by atoms with van der Waals surface area (Å²) >= 11 is 0. The van der Waals surface area contributed by atoms with Crippen molar-refractivity contribution >= 4 is 0 Å². The van der Waals surface area contributed by atoms with Crippen molar-refractivity contribution in [2.45, 2.75) is 32.0 Å². The molecule has 2 heterocycles. The average Bonchev–Trinajstić information content (AvgIpc) is 2.77. The van der Waals surface area contributed by atoms with Crippen molar-refractivity contribution in [2.75, 3.05) is 27.2 Å². The molecule has 1 aromatic heterocycles. The van der Waals surface area contributed by atoms with Gasteiger partial charge in [-0.05, 0) is 52.2 Å². The Kier molecular flexibility index (Phi) is 4.20. The number of piperidine rings is 1. The first-order valence-electron chi connectivity index (χ1n) is 6.35. The second-order valence-corrected chi connectivity index (χ2v) is 5.02. The highest BCUT2D eigenvalue weighted by Crippen LogP contribution is 2.17. The number of nitrogens with zero attached hydrogens (tertiary/aromatic N) is 2. The Bertz CT molecular complexity index is 342. The van der Waals surface area contributed by atoms with E-state index in [1.165, 1.54) is 25.9 Å². The Labute approximate surface area is 103 Å². The summed E-state index contributed by atoms with van der Waals surface area (Å²) in [4.78, 5) is 4.79. The molecule has 1 aromatic rings. The lowest BCUT2D eigenvalue weighted by Gasteiger charge is -2.34. The second-order valence-electron chi connectivity index (χ2n) is 5.02. The largest absolute Gasteiger partial charge is 0.463 e. The van der Waals surface area contributed by atoms with E-state index in [9.17, 15) is 0 Å². The maximum atomic E-state index is 5.64. The van der Waals surface area contributed by atoms with Crippen LogP contribution in [0.3, 0.4) is 0 Å². The van der Waals surface area contributed by atoms with Gasteiger partial charge in [0.15, 0.2) is 0 Å². The molecule has 0 spiro atoms. The van der Waals surface area contributed by atoms with Crippen LogP contribution in [0.5, 0.6) is 0 Å². The number of hydrogen-bond acceptors (Lipinski definition) is 4. The molecular weight excluding hydrogens is 214 g/mol. The molecule has 2 rings (SSSR count). The number of likely N-dealkylation sites (tertiary alicyclic amines) is 1. The third kappa shape index (κ3) is 3.31. The zero-order valence-corrected chi connectivity index (χ0v) is 10.9. The highest BCUT2D eigenvalue weighted by atomic mass is 16.3. The van der Waals surface area contributed by atoms with Crippen LogP contribution in [0.2, 0.25) is 0 Å². The van der Waals surface area contributed by atoms with Crippen LogP contribution in [0.15, 0.2) is 16.5 Å². The van der Waals surface area contributed by atoms with Crippen molar-refractivity contribution in [3.05, 3.63) is 23.7 Å². The van der Waals surface area contributed by atoms with Gasteiger partial charge in [0.1, 0.15) is 11.5 Å². The Hall–Kier alpha value is -0.840. The molecule has 0 aromatic carbocycles. The van der Waals surface area contributed by atoms with E-state index in [-0.39, 0.29) is 0 Å². The van der Waals surface area contributed by atoms with Crippen molar-refractivity contribution in [1.29, 1.82) is 0 Å². The van der Waals surface area contributed by atoms with E-state index in [0.717, 1.165) is 18.1 Å². The molecular formula is C13H23N3O. The Balaban J connectivity index is 1.85. The van der Waals surface area contributed by atoms with E-state index in [0.29, 0.717) is 12.6 Å². The molecule has 96 valence electrons. The fourth-order valence-corrected chi connectivity index (χ4v) is 2.43. The summed E-state index contributed by atoms with van der Waals surface area (Å²) in [6, 6.07) is 4.68. The molecule has 1 aliphatic rings. The summed E-state index contributed by atoms with van der Waals surface area (Å²) in [7, 11) is 4.37. The summed E-state index contributed by atoms with van der Waals surface area (Å²) in [6.07, 6.45) is 2.49. The first kappa shape index (κ1) is 12.6. The Morgan fingerprint density at radius 3 is 2.59 bits per heavy atom. The van der Waals surface area contributed by atoms with E-state index < -0.39 is 0 Å². The van der Waals surface area contributed by atoms with Gasteiger partial charge in [-0.1, -0.05) is 0 Å². The fourth-order valence-electron chi connectivity index (χ4n) is 2.43. The molecule has 4 nitrogen and oxygen atoms in total. The number of rotatable bonds is 4. The van der Waals surface area contributed by atoms with Crippen molar-refractivity contribution in [2.24, 2.45) is 5.73 Å². The van der Waals surface area contributed by atoms with Gasteiger partial charge in [-0.25, -0.2) is 0 Å². The van der Waals surface area contributed by atoms with Crippen LogP contribution in [0.1, 0.15) is 24.4 Å². The molecule has 0 saturated carbocycles. The van der Waals surface area contributed by atoms with Crippen molar-refractivity contribution in [1.82, 2.24) is 9.80 Å². The topological polar surface area (TPSA) is 45.6 Å². The Morgan fingerprint density at radius 2 is 2.00 bits per heavy atom. The van der Waals surface area contributed by atoms with Crippen molar-refractivity contribution < 1.29 is 4.42 Å². The highest BCUT2D eigenvalue weighted by molar-refractivity contribution is 5.06. The summed E-state index contributed by atoms with van der Waals surface area (Å²) in [6.45, 7) is 3.76. The molecule has 1 aliphatic heterocycles. The van der Waals surface area contributed by atoms with E-state index in [1.54, 1.807) is 0 Å². The van der Waals surface area contributed by atoms with Gasteiger partial charge >= 0.3 is 0 Å². The molecule has 1 fully saturated rings. The predicted octanol–water partition coefficient (Wildman–Crippen LogP) is 1.26. The number of hydrogen-bond donors (Lipinski definition) is 1. The van der Waals surface area contributed by atoms with Crippen LogP contribution in [0.25, 0.3) is 0 Å². The quantitative estimate of drug-likeness (QED) is 0.856. The molecule has 0 radical (unpaired) electrons. The zero-order valence-electron chi connectivity index (χ0n) is 10.9. The molecule has 1 saturated heterocycles. The SMILES string of the molecule is CN1CCC(N(C)Cc2ccc(CN)o2)CC1. The van der Waals surface area contributed by atoms with E-state index in [4.69, 9.17) is 10.2 Å². The summed E-state index contributed by atoms with van der Waals surface area (Å²) in [5.41, 5.74) is 5.54. The van der Waals surface area contributed by atoms with Crippen LogP contribution in [-0.4, -0.2) is 43.0 Å². The summed E-state index contributed by atoms with van der Waals surface area (Å²) in [5.74, 6) is 1.89. The second kappa shape index (κ2) is 5.67. The van der Waals surface area contributed by atoms with Gasteiger partial charge in [-0.3, -0.25) is 4.90 Å². The fraction of sp³-hybridized carbons (Fsp3) is 0.692. The van der Waals surface area contributed by atoms with Gasteiger partial charge in [0.2, 0.25) is 0 Å². The van der Waals surface area contributed by atoms with Gasteiger partial charge in [-0.2, -0.15) is 0 Å². The molecule has 0 aliphatic carbocycles. The minimum Gasteiger partial charge on any atom is -0.463 e. The van der Waals surface area contributed by atoms with Crippen LogP contribution >= 0.6 is 0 Å². The van der Waals surface area contributed by atoms with Crippen LogP contribution in [-0.2, 0) is 13.1 Å². The first-order chi connectivity index (χ1) is 8.19. The molecule has 0 bridgehead atoms. The highest BCUT2D eigenvalue weighted by Gasteiger charge is 2.21. The molecule has 0 amide bonds. The smallest absolute Gasteiger partial charge is 0.118 e. The zero-order chi connectivity index (χ0) is 12.3. The molecule has 0 atom stereocenters. The number of nitrogens with two attached hydrogens (primary N) is 1. The van der Waals surface area contributed by atoms with Crippen LogP contribution in [0.4, 0.5) is 0 Å². The van der Waals surface area contributed by atoms with Gasteiger partial charge in [0.05, 0.1) is 13.1 Å². The van der Waals surface area contributed by atoms with Crippen LogP contribution < -0.4 is 5.73 Å². The standard InChI is InChI=1S/C13H23N3O/c1-15-7-5-11(6-8-15)16(2)10-13-4-3-12(9-14)17-13/h3-4,11H,5-10,14H2,1-2H3. The molecule has 4 heteroatoms. The number of furan rings is 1. The minimum atomic E-state index is 0.484. The van der Waals surface area contributed by atoms with E-state index in [2.05, 4.69) is 23.9 Å².